The normalized spacial score (nSPS) is 17.6. The van der Waals surface area contributed by atoms with Crippen molar-refractivity contribution in [3.63, 3.8) is 0 Å². The van der Waals surface area contributed by atoms with Gasteiger partial charge in [-0.3, -0.25) is 4.79 Å². The molecule has 0 bridgehead atoms. The molecule has 2 aromatic rings. The first-order valence-electron chi connectivity index (χ1n) is 6.09. The Morgan fingerprint density at radius 3 is 3.16 bits per heavy atom. The molecule has 0 saturated heterocycles. The summed E-state index contributed by atoms with van der Waals surface area (Å²) in [6, 6.07) is 8.01. The number of fused-ring (bicyclic) bond motifs is 1. The number of rotatable bonds is 3. The molecule has 0 saturated carbocycles. The molecule has 98 valence electrons. The van der Waals surface area contributed by atoms with Crippen molar-refractivity contribution in [3.05, 3.63) is 45.9 Å². The van der Waals surface area contributed by atoms with Crippen LogP contribution in [0.15, 0.2) is 29.6 Å². The summed E-state index contributed by atoms with van der Waals surface area (Å²) >= 11 is 1.52. The maximum absolute atomic E-state index is 10.7. The molecule has 1 unspecified atom stereocenters. The van der Waals surface area contributed by atoms with E-state index in [1.54, 1.807) is 0 Å². The summed E-state index contributed by atoms with van der Waals surface area (Å²) in [5, 5.41) is 11.5. The van der Waals surface area contributed by atoms with E-state index in [0.717, 1.165) is 17.2 Å². The Hall–Kier alpha value is -1.88. The van der Waals surface area contributed by atoms with Crippen LogP contribution in [0.25, 0.3) is 0 Å². The number of thiazole rings is 1. The van der Waals surface area contributed by atoms with Crippen LogP contribution in [0, 0.1) is 0 Å². The van der Waals surface area contributed by atoms with Crippen LogP contribution in [0.3, 0.4) is 0 Å². The van der Waals surface area contributed by atoms with Crippen molar-refractivity contribution in [3.8, 4) is 5.75 Å². The van der Waals surface area contributed by atoms with Crippen LogP contribution >= 0.6 is 11.3 Å². The predicted molar refractivity (Wildman–Crippen MR) is 71.8 cm³/mol. The topological polar surface area (TPSA) is 59.4 Å². The fraction of sp³-hybridized carbons (Fsp3) is 0.286. The largest absolute Gasteiger partial charge is 0.493 e. The molecule has 19 heavy (non-hydrogen) atoms. The van der Waals surface area contributed by atoms with Gasteiger partial charge in [0, 0.05) is 11.3 Å². The zero-order valence-corrected chi connectivity index (χ0v) is 11.0. The van der Waals surface area contributed by atoms with Crippen molar-refractivity contribution in [2.45, 2.75) is 18.8 Å². The molecular weight excluding hydrogens is 262 g/mol. The zero-order valence-electron chi connectivity index (χ0n) is 10.2. The molecule has 1 aromatic heterocycles. The van der Waals surface area contributed by atoms with Crippen LogP contribution in [-0.2, 0) is 17.6 Å². The first-order chi connectivity index (χ1) is 9.22. The molecule has 5 heteroatoms. The Bertz CT molecular complexity index is 608. The van der Waals surface area contributed by atoms with Crippen molar-refractivity contribution >= 4 is 17.3 Å². The smallest absolute Gasteiger partial charge is 0.309 e. The van der Waals surface area contributed by atoms with Crippen molar-refractivity contribution in [2.24, 2.45) is 0 Å². The molecule has 1 N–H and O–H groups in total. The van der Waals surface area contributed by atoms with Crippen LogP contribution in [0.1, 0.15) is 22.2 Å². The number of benzene rings is 1. The third-order valence-corrected chi connectivity index (χ3v) is 4.19. The highest BCUT2D eigenvalue weighted by Gasteiger charge is 2.23. The van der Waals surface area contributed by atoms with Gasteiger partial charge in [-0.25, -0.2) is 4.98 Å². The van der Waals surface area contributed by atoms with E-state index in [4.69, 9.17) is 9.84 Å². The summed E-state index contributed by atoms with van der Waals surface area (Å²) in [4.78, 5) is 15.1. The fourth-order valence-electron chi connectivity index (χ4n) is 2.23. The lowest BCUT2D eigenvalue weighted by molar-refractivity contribution is -0.136. The highest BCUT2D eigenvalue weighted by Crippen LogP contribution is 2.33. The van der Waals surface area contributed by atoms with Gasteiger partial charge >= 0.3 is 5.97 Å². The molecule has 0 fully saturated rings. The van der Waals surface area contributed by atoms with E-state index < -0.39 is 5.97 Å². The molecule has 4 nitrogen and oxygen atoms in total. The molecule has 1 aromatic carbocycles. The second-order valence-electron chi connectivity index (χ2n) is 4.57. The van der Waals surface area contributed by atoms with Gasteiger partial charge in [-0.2, -0.15) is 0 Å². The quantitative estimate of drug-likeness (QED) is 0.935. The Kier molecular flexibility index (Phi) is 3.21. The predicted octanol–water partition coefficient (Wildman–Crippen LogP) is 2.49. The van der Waals surface area contributed by atoms with Crippen LogP contribution < -0.4 is 4.74 Å². The van der Waals surface area contributed by atoms with E-state index in [0.29, 0.717) is 12.3 Å². The number of aliphatic carboxylic acids is 1. The number of para-hydroxylation sites is 1. The lowest BCUT2D eigenvalue weighted by atomic mass is 9.97. The number of carboxylic acid groups (broad SMARTS) is 1. The van der Waals surface area contributed by atoms with Gasteiger partial charge < -0.3 is 9.84 Å². The number of carbonyl (C=O) groups is 1. The molecular formula is C14H13NO3S. The molecule has 0 radical (unpaired) electrons. The summed E-state index contributed by atoms with van der Waals surface area (Å²) in [5.41, 5.74) is 1.82. The van der Waals surface area contributed by atoms with Gasteiger partial charge in [0.25, 0.3) is 0 Å². The average molecular weight is 275 g/mol. The van der Waals surface area contributed by atoms with Gasteiger partial charge in [-0.1, -0.05) is 18.2 Å². The van der Waals surface area contributed by atoms with E-state index in [-0.39, 0.29) is 12.3 Å². The molecule has 0 amide bonds. The zero-order chi connectivity index (χ0) is 13.2. The average Bonchev–Trinajstić information content (AvgIpc) is 2.86. The second-order valence-corrected chi connectivity index (χ2v) is 5.46. The van der Waals surface area contributed by atoms with Crippen molar-refractivity contribution in [1.29, 1.82) is 0 Å². The summed E-state index contributed by atoms with van der Waals surface area (Å²) in [7, 11) is 0. The maximum Gasteiger partial charge on any atom is 0.309 e. The van der Waals surface area contributed by atoms with Gasteiger partial charge in [-0.15, -0.1) is 11.3 Å². The summed E-state index contributed by atoms with van der Waals surface area (Å²) in [6.45, 7) is 0.608. The highest BCUT2D eigenvalue weighted by atomic mass is 32.1. The Labute approximate surface area is 114 Å². The number of nitrogens with zero attached hydrogens (tertiary/aromatic N) is 1. The van der Waals surface area contributed by atoms with Gasteiger partial charge in [0.2, 0.25) is 0 Å². The van der Waals surface area contributed by atoms with Crippen molar-refractivity contribution in [2.75, 3.05) is 6.61 Å². The van der Waals surface area contributed by atoms with Gasteiger partial charge in [-0.05, 0) is 18.1 Å². The Balaban J connectivity index is 1.77. The number of hydrogen-bond acceptors (Lipinski definition) is 4. The molecule has 2 heterocycles. The summed E-state index contributed by atoms with van der Waals surface area (Å²) < 4.78 is 5.73. The Morgan fingerprint density at radius 1 is 1.47 bits per heavy atom. The van der Waals surface area contributed by atoms with E-state index in [1.807, 2.05) is 23.6 Å². The van der Waals surface area contributed by atoms with Crippen LogP contribution in [-0.4, -0.2) is 22.7 Å². The monoisotopic (exact) mass is 275 g/mol. The molecule has 1 atom stereocenters. The number of ether oxygens (including phenoxy) is 1. The van der Waals surface area contributed by atoms with Gasteiger partial charge in [0.15, 0.2) is 0 Å². The van der Waals surface area contributed by atoms with E-state index >= 15 is 0 Å². The molecule has 1 aliphatic rings. The van der Waals surface area contributed by atoms with Crippen LogP contribution in [0.5, 0.6) is 5.75 Å². The number of aromatic nitrogens is 1. The minimum Gasteiger partial charge on any atom is -0.493 e. The summed E-state index contributed by atoms with van der Waals surface area (Å²) in [6.07, 6.45) is 0.886. The second kappa shape index (κ2) is 5.01. The lowest BCUT2D eigenvalue weighted by Gasteiger charge is -2.23. The van der Waals surface area contributed by atoms with Gasteiger partial charge in [0.1, 0.15) is 5.75 Å². The number of hydrogen-bond donors (Lipinski definition) is 1. The van der Waals surface area contributed by atoms with Crippen LogP contribution in [0.2, 0.25) is 0 Å². The Morgan fingerprint density at radius 2 is 2.32 bits per heavy atom. The first kappa shape index (κ1) is 12.2. The third-order valence-electron chi connectivity index (χ3n) is 3.13. The SMILES string of the molecule is O=C(O)Cc1csc(C2COc3ccccc3C2)n1. The molecule has 0 aliphatic carbocycles. The highest BCUT2D eigenvalue weighted by molar-refractivity contribution is 7.09. The molecule has 0 spiro atoms. The van der Waals surface area contributed by atoms with E-state index in [1.165, 1.54) is 16.9 Å². The standard InChI is InChI=1S/C14H13NO3S/c16-13(17)6-11-8-19-14(15-11)10-5-9-3-1-2-4-12(9)18-7-10/h1-4,8,10H,5-7H2,(H,16,17). The van der Waals surface area contributed by atoms with Crippen LogP contribution in [0.4, 0.5) is 0 Å². The van der Waals surface area contributed by atoms with Crippen molar-refractivity contribution in [1.82, 2.24) is 4.98 Å². The molecule has 1 aliphatic heterocycles. The minimum atomic E-state index is -0.845. The van der Waals surface area contributed by atoms with Gasteiger partial charge in [0.05, 0.1) is 23.7 Å². The first-order valence-corrected chi connectivity index (χ1v) is 6.97. The van der Waals surface area contributed by atoms with E-state index in [2.05, 4.69) is 11.1 Å². The maximum atomic E-state index is 10.7. The summed E-state index contributed by atoms with van der Waals surface area (Å²) in [5.74, 6) is 0.325. The third kappa shape index (κ3) is 2.61. The lowest BCUT2D eigenvalue weighted by Crippen LogP contribution is -2.19. The van der Waals surface area contributed by atoms with Crippen molar-refractivity contribution < 1.29 is 14.6 Å². The van der Waals surface area contributed by atoms with E-state index in [9.17, 15) is 4.79 Å². The number of carboxylic acids is 1. The molecule has 3 rings (SSSR count). The fourth-order valence-corrected chi connectivity index (χ4v) is 3.14. The minimum absolute atomic E-state index is 0.0132.